The minimum absolute atomic E-state index is 0. The lowest BCUT2D eigenvalue weighted by atomic mass is 10.1. The van der Waals surface area contributed by atoms with Gasteiger partial charge in [0.15, 0.2) is 0 Å². The summed E-state index contributed by atoms with van der Waals surface area (Å²) in [6.07, 6.45) is 0. The molecule has 0 saturated carbocycles. The number of halogens is 2. The smallest absolute Gasteiger partial charge is 0.243 e. The van der Waals surface area contributed by atoms with Crippen LogP contribution < -0.4 is 5.32 Å². The fourth-order valence-corrected chi connectivity index (χ4v) is 4.49. The van der Waals surface area contributed by atoms with Gasteiger partial charge in [0.25, 0.3) is 0 Å². The van der Waals surface area contributed by atoms with Crippen LogP contribution in [-0.2, 0) is 10.0 Å². The molecule has 1 atom stereocenters. The molecule has 7 heteroatoms. The van der Waals surface area contributed by atoms with Gasteiger partial charge in [0, 0.05) is 25.7 Å². The van der Waals surface area contributed by atoms with E-state index in [1.165, 1.54) is 16.4 Å². The first-order valence-corrected chi connectivity index (χ1v) is 7.76. The third-order valence-corrected chi connectivity index (χ3v) is 5.53. The normalized spacial score (nSPS) is 20.5. The van der Waals surface area contributed by atoms with E-state index < -0.39 is 15.8 Å². The van der Waals surface area contributed by atoms with E-state index in [2.05, 4.69) is 5.32 Å². The van der Waals surface area contributed by atoms with E-state index >= 15 is 0 Å². The summed E-state index contributed by atoms with van der Waals surface area (Å²) in [5.74, 6) is -0.400. The molecule has 0 amide bonds. The average molecular weight is 323 g/mol. The lowest BCUT2D eigenvalue weighted by molar-refractivity contribution is 0.310. The van der Waals surface area contributed by atoms with Gasteiger partial charge in [-0.25, -0.2) is 12.8 Å². The molecule has 1 aromatic rings. The number of hydrogen-bond acceptors (Lipinski definition) is 3. The summed E-state index contributed by atoms with van der Waals surface area (Å²) in [6, 6.07) is 2.67. The first-order valence-electron chi connectivity index (χ1n) is 6.32. The third-order valence-electron chi connectivity index (χ3n) is 3.35. The summed E-state index contributed by atoms with van der Waals surface area (Å²) in [5, 5.41) is 3.21. The number of piperazine rings is 1. The van der Waals surface area contributed by atoms with Gasteiger partial charge in [0.2, 0.25) is 10.0 Å². The molecule has 2 rings (SSSR count). The number of hydrogen-bond donors (Lipinski definition) is 1. The van der Waals surface area contributed by atoms with Crippen LogP contribution in [0.25, 0.3) is 0 Å². The number of rotatable bonds is 2. The van der Waals surface area contributed by atoms with Crippen molar-refractivity contribution in [2.24, 2.45) is 0 Å². The summed E-state index contributed by atoms with van der Waals surface area (Å²) in [4.78, 5) is 0.239. The van der Waals surface area contributed by atoms with Crippen molar-refractivity contribution in [1.29, 1.82) is 0 Å². The predicted octanol–water partition coefficient (Wildman–Crippen LogP) is 1.85. The first kappa shape index (κ1) is 17.4. The van der Waals surface area contributed by atoms with Gasteiger partial charge in [-0.15, -0.1) is 12.4 Å². The molecule has 1 aliphatic heterocycles. The van der Waals surface area contributed by atoms with Crippen LogP contribution in [0.1, 0.15) is 18.1 Å². The lowest BCUT2D eigenvalue weighted by Crippen LogP contribution is -2.51. The molecule has 1 aromatic carbocycles. The molecule has 0 aliphatic carbocycles. The van der Waals surface area contributed by atoms with Gasteiger partial charge in [0.05, 0.1) is 4.90 Å². The van der Waals surface area contributed by atoms with Crippen molar-refractivity contribution in [2.75, 3.05) is 19.6 Å². The van der Waals surface area contributed by atoms with Gasteiger partial charge in [0.1, 0.15) is 5.82 Å². The van der Waals surface area contributed by atoms with Crippen LogP contribution in [0.15, 0.2) is 17.0 Å². The van der Waals surface area contributed by atoms with Crippen molar-refractivity contribution in [1.82, 2.24) is 9.62 Å². The molecule has 4 nitrogen and oxygen atoms in total. The standard InChI is InChI=1S/C13H19FN2O2S.ClH/c1-9-6-12(14)7-10(2)13(9)19(17,18)16-5-4-15-11(3)8-16;/h6-7,11,15H,4-5,8H2,1-3H3;1H/t11-;/m0./s1. The number of sulfonamides is 1. The Hall–Kier alpha value is -0.690. The molecule has 1 fully saturated rings. The second-order valence-corrected chi connectivity index (χ2v) is 6.96. The molecule has 0 spiro atoms. The highest BCUT2D eigenvalue weighted by atomic mass is 35.5. The fourth-order valence-electron chi connectivity index (χ4n) is 2.55. The van der Waals surface area contributed by atoms with Gasteiger partial charge in [-0.3, -0.25) is 0 Å². The van der Waals surface area contributed by atoms with E-state index in [1.54, 1.807) is 13.8 Å². The topological polar surface area (TPSA) is 49.4 Å². The summed E-state index contributed by atoms with van der Waals surface area (Å²) in [6.45, 7) is 6.75. The highest BCUT2D eigenvalue weighted by Gasteiger charge is 2.30. The summed E-state index contributed by atoms with van der Waals surface area (Å²) in [5.41, 5.74) is 0.923. The van der Waals surface area contributed by atoms with Crippen LogP contribution >= 0.6 is 12.4 Å². The minimum Gasteiger partial charge on any atom is -0.312 e. The Morgan fingerprint density at radius 3 is 2.35 bits per heavy atom. The molecule has 0 unspecified atom stereocenters. The highest BCUT2D eigenvalue weighted by Crippen LogP contribution is 2.25. The highest BCUT2D eigenvalue weighted by molar-refractivity contribution is 7.89. The van der Waals surface area contributed by atoms with Gasteiger partial charge in [-0.05, 0) is 44.0 Å². The molecular formula is C13H20ClFN2O2S. The zero-order valence-corrected chi connectivity index (χ0v) is 13.4. The number of nitrogens with zero attached hydrogens (tertiary/aromatic N) is 1. The second-order valence-electron chi connectivity index (χ2n) is 5.09. The van der Waals surface area contributed by atoms with E-state index in [0.29, 0.717) is 30.8 Å². The van der Waals surface area contributed by atoms with Gasteiger partial charge >= 0.3 is 0 Å². The molecule has 114 valence electrons. The molecule has 0 aromatic heterocycles. The predicted molar refractivity (Wildman–Crippen MR) is 79.3 cm³/mol. The zero-order valence-electron chi connectivity index (χ0n) is 11.8. The van der Waals surface area contributed by atoms with Crippen LogP contribution in [0.2, 0.25) is 0 Å². The Morgan fingerprint density at radius 1 is 1.30 bits per heavy atom. The SMILES string of the molecule is Cc1cc(F)cc(C)c1S(=O)(=O)N1CCN[C@@H](C)C1.Cl. The maximum atomic E-state index is 13.3. The average Bonchev–Trinajstić information content (AvgIpc) is 2.26. The Bertz CT molecular complexity index is 569. The zero-order chi connectivity index (χ0) is 14.2. The summed E-state index contributed by atoms with van der Waals surface area (Å²) >= 11 is 0. The van der Waals surface area contributed by atoms with E-state index in [1.807, 2.05) is 6.92 Å². The lowest BCUT2D eigenvalue weighted by Gasteiger charge is -2.31. The Kier molecular flexibility index (Phi) is 5.54. The molecule has 1 heterocycles. The maximum absolute atomic E-state index is 13.3. The van der Waals surface area contributed by atoms with Gasteiger partial charge in [-0.1, -0.05) is 0 Å². The van der Waals surface area contributed by atoms with E-state index in [0.717, 1.165) is 0 Å². The number of aryl methyl sites for hydroxylation is 2. The molecule has 20 heavy (non-hydrogen) atoms. The number of nitrogens with one attached hydrogen (secondary N) is 1. The Morgan fingerprint density at radius 2 is 1.85 bits per heavy atom. The third kappa shape index (κ3) is 3.31. The Labute approximate surface area is 125 Å². The van der Waals surface area contributed by atoms with Crippen molar-refractivity contribution < 1.29 is 12.8 Å². The molecule has 1 N–H and O–H groups in total. The van der Waals surface area contributed by atoms with Crippen molar-refractivity contribution in [3.05, 3.63) is 29.1 Å². The van der Waals surface area contributed by atoms with Crippen molar-refractivity contribution in [3.63, 3.8) is 0 Å². The maximum Gasteiger partial charge on any atom is 0.243 e. The second kappa shape index (κ2) is 6.39. The van der Waals surface area contributed by atoms with E-state index in [4.69, 9.17) is 0 Å². The van der Waals surface area contributed by atoms with Gasteiger partial charge < -0.3 is 5.32 Å². The van der Waals surface area contributed by atoms with Crippen LogP contribution in [0.4, 0.5) is 4.39 Å². The van der Waals surface area contributed by atoms with Crippen LogP contribution in [-0.4, -0.2) is 38.4 Å². The van der Waals surface area contributed by atoms with Crippen LogP contribution in [0, 0.1) is 19.7 Å². The number of benzene rings is 1. The van der Waals surface area contributed by atoms with E-state index in [9.17, 15) is 12.8 Å². The Balaban J connectivity index is 0.00000200. The molecule has 1 aliphatic rings. The van der Waals surface area contributed by atoms with Gasteiger partial charge in [-0.2, -0.15) is 4.31 Å². The van der Waals surface area contributed by atoms with Crippen LogP contribution in [0.3, 0.4) is 0 Å². The first-order chi connectivity index (χ1) is 8.82. The van der Waals surface area contributed by atoms with E-state index in [-0.39, 0.29) is 23.3 Å². The van der Waals surface area contributed by atoms with Crippen LogP contribution in [0.5, 0.6) is 0 Å². The molecular weight excluding hydrogens is 303 g/mol. The fraction of sp³-hybridized carbons (Fsp3) is 0.538. The molecule has 0 radical (unpaired) electrons. The van der Waals surface area contributed by atoms with Crippen molar-refractivity contribution in [2.45, 2.75) is 31.7 Å². The monoisotopic (exact) mass is 322 g/mol. The quantitative estimate of drug-likeness (QED) is 0.904. The van der Waals surface area contributed by atoms with Crippen molar-refractivity contribution in [3.8, 4) is 0 Å². The molecule has 1 saturated heterocycles. The van der Waals surface area contributed by atoms with Crippen molar-refractivity contribution >= 4 is 22.4 Å². The largest absolute Gasteiger partial charge is 0.312 e. The molecule has 0 bridgehead atoms. The minimum atomic E-state index is -3.55. The summed E-state index contributed by atoms with van der Waals surface area (Å²) in [7, 11) is -3.55. The summed E-state index contributed by atoms with van der Waals surface area (Å²) < 4.78 is 40.1.